The van der Waals surface area contributed by atoms with Crippen molar-refractivity contribution in [3.05, 3.63) is 65.1 Å². The molecule has 0 aliphatic heterocycles. The van der Waals surface area contributed by atoms with E-state index in [0.29, 0.717) is 16.7 Å². The summed E-state index contributed by atoms with van der Waals surface area (Å²) in [5.74, 6) is -2.68. The summed E-state index contributed by atoms with van der Waals surface area (Å²) in [6.07, 6.45) is 9.36. The Balaban J connectivity index is 1.31. The molecule has 0 saturated heterocycles. The zero-order chi connectivity index (χ0) is 29.9. The third kappa shape index (κ3) is 6.04. The third-order valence-electron chi connectivity index (χ3n) is 7.93. The number of Topliss-reactive ketones (excluding diaryl/α,β-unsaturated/α-hetero) is 1. The molecule has 13 heteroatoms. The van der Waals surface area contributed by atoms with Gasteiger partial charge >= 0.3 is 0 Å². The van der Waals surface area contributed by atoms with Gasteiger partial charge in [-0.05, 0) is 62.3 Å². The molecular weight excluding hydrogens is 542 g/mol. The molecule has 3 aliphatic rings. The van der Waals surface area contributed by atoms with Gasteiger partial charge in [-0.15, -0.1) is 0 Å². The lowest BCUT2D eigenvalue weighted by Crippen LogP contribution is -2.53. The summed E-state index contributed by atoms with van der Waals surface area (Å²) < 4.78 is 1.20. The summed E-state index contributed by atoms with van der Waals surface area (Å²) >= 11 is 0. The van der Waals surface area contributed by atoms with E-state index in [2.05, 4.69) is 31.2 Å². The highest BCUT2D eigenvalue weighted by molar-refractivity contribution is 6.36. The van der Waals surface area contributed by atoms with Crippen molar-refractivity contribution in [2.24, 2.45) is 5.92 Å². The molecule has 13 nitrogen and oxygen atoms in total. The molecule has 3 aromatic heterocycles. The Labute approximate surface area is 240 Å². The number of amides is 4. The Morgan fingerprint density at radius 3 is 2.67 bits per heavy atom. The highest BCUT2D eigenvalue weighted by Gasteiger charge is 2.50. The molecule has 0 unspecified atom stereocenters. The number of aromatic nitrogens is 3. The maximum absolute atomic E-state index is 13.4. The van der Waals surface area contributed by atoms with Gasteiger partial charge in [-0.25, -0.2) is 0 Å². The van der Waals surface area contributed by atoms with E-state index in [0.717, 1.165) is 25.7 Å². The van der Waals surface area contributed by atoms with Crippen LogP contribution >= 0.6 is 0 Å². The average molecular weight is 574 g/mol. The minimum Gasteiger partial charge on any atom is -0.353 e. The highest BCUT2D eigenvalue weighted by atomic mass is 16.2. The second-order valence-electron chi connectivity index (χ2n) is 10.8. The lowest BCUT2D eigenvalue weighted by Gasteiger charge is -2.39. The van der Waals surface area contributed by atoms with Crippen LogP contribution in [0, 0.1) is 5.92 Å². The largest absolute Gasteiger partial charge is 0.353 e. The molecule has 4 amide bonds. The van der Waals surface area contributed by atoms with Gasteiger partial charge in [0.15, 0.2) is 0 Å². The number of nitrogens with zero attached hydrogens (tertiary/aromatic N) is 3. The van der Waals surface area contributed by atoms with Crippen molar-refractivity contribution in [2.75, 3.05) is 12.4 Å². The van der Waals surface area contributed by atoms with Crippen molar-refractivity contribution in [3.8, 4) is 0 Å². The standard InChI is InChI=1S/C29H31N7O6/c1-30-26(40)22(37)5-4-20(33-27(41)24-19-8-10-31-15-18(19)7-11-32-24)25(39)34-21-3-2-12-36(28(21)42)16-23(38)35-29-9-6-17(13-29)14-29/h2-3,7-8,10-12,15,17,20H,4-6,9,13-14,16H2,1H3,(H,30,40)(H,33,41)(H,34,39)(H,35,38)/t17?,20-,29?/m0/s1. The molecule has 6 rings (SSSR count). The van der Waals surface area contributed by atoms with Gasteiger partial charge in [0.25, 0.3) is 17.4 Å². The van der Waals surface area contributed by atoms with Gasteiger partial charge in [-0.3, -0.25) is 38.7 Å². The van der Waals surface area contributed by atoms with E-state index in [1.807, 2.05) is 0 Å². The molecule has 3 aliphatic carbocycles. The summed E-state index contributed by atoms with van der Waals surface area (Å²) in [7, 11) is 1.31. The first-order valence-corrected chi connectivity index (χ1v) is 13.7. The number of fused-ring (bicyclic) bond motifs is 2. The molecule has 4 N–H and O–H groups in total. The van der Waals surface area contributed by atoms with Crippen molar-refractivity contribution in [1.29, 1.82) is 0 Å². The molecule has 42 heavy (non-hydrogen) atoms. The molecule has 0 spiro atoms. The lowest BCUT2D eigenvalue weighted by atomic mass is 9.77. The molecule has 0 aromatic carbocycles. The second-order valence-corrected chi connectivity index (χ2v) is 10.8. The van der Waals surface area contributed by atoms with E-state index in [-0.39, 0.29) is 42.2 Å². The van der Waals surface area contributed by atoms with Crippen molar-refractivity contribution in [2.45, 2.75) is 56.7 Å². The third-order valence-corrected chi connectivity index (χ3v) is 7.93. The summed E-state index contributed by atoms with van der Waals surface area (Å²) in [6, 6.07) is 4.90. The number of rotatable bonds is 11. The maximum Gasteiger partial charge on any atom is 0.287 e. The zero-order valence-corrected chi connectivity index (χ0v) is 23.0. The monoisotopic (exact) mass is 573 g/mol. The normalized spacial score (nSPS) is 19.3. The minimum absolute atomic E-state index is 0.0397. The van der Waals surface area contributed by atoms with Crippen LogP contribution < -0.4 is 26.8 Å². The molecule has 3 heterocycles. The SMILES string of the molecule is CNC(=O)C(=O)CC[C@H](NC(=O)c1nccc2cnccc12)C(=O)Nc1cccn(CC(=O)NC23CCC(C2)C3)c1=O. The number of hydrogen-bond donors (Lipinski definition) is 4. The summed E-state index contributed by atoms with van der Waals surface area (Å²) in [5.41, 5.74) is -0.835. The molecule has 3 aromatic rings. The Morgan fingerprint density at radius 1 is 1.12 bits per heavy atom. The van der Waals surface area contributed by atoms with Gasteiger partial charge in [0, 0.05) is 54.6 Å². The van der Waals surface area contributed by atoms with Crippen molar-refractivity contribution >= 4 is 45.9 Å². The van der Waals surface area contributed by atoms with Crippen LogP contribution in [0.5, 0.6) is 0 Å². The Hall–Kier alpha value is -4.94. The zero-order valence-electron chi connectivity index (χ0n) is 23.0. The van der Waals surface area contributed by atoms with Crippen LogP contribution in [0.2, 0.25) is 0 Å². The first-order valence-electron chi connectivity index (χ1n) is 13.7. The summed E-state index contributed by atoms with van der Waals surface area (Å²) in [5, 5.41) is 11.5. The fraction of sp³-hybridized carbons (Fsp3) is 0.379. The van der Waals surface area contributed by atoms with Gasteiger partial charge in [-0.1, -0.05) is 0 Å². The van der Waals surface area contributed by atoms with Crippen molar-refractivity contribution < 1.29 is 24.0 Å². The van der Waals surface area contributed by atoms with E-state index in [1.165, 1.54) is 42.3 Å². The average Bonchev–Trinajstić information content (AvgIpc) is 3.57. The molecule has 3 fully saturated rings. The van der Waals surface area contributed by atoms with Crippen LogP contribution in [0.3, 0.4) is 0 Å². The molecule has 218 valence electrons. The predicted octanol–water partition coefficient (Wildman–Crippen LogP) is 0.683. The number of hydrogen-bond acceptors (Lipinski definition) is 8. The number of pyridine rings is 3. The first-order chi connectivity index (χ1) is 20.2. The topological polar surface area (TPSA) is 181 Å². The van der Waals surface area contributed by atoms with Crippen molar-refractivity contribution in [1.82, 2.24) is 30.5 Å². The van der Waals surface area contributed by atoms with E-state index < -0.39 is 35.1 Å². The van der Waals surface area contributed by atoms with Crippen LogP contribution in [0.4, 0.5) is 5.69 Å². The number of likely N-dealkylation sites (N-methyl/N-ethyl adjacent to an activating group) is 1. The first kappa shape index (κ1) is 28.6. The fourth-order valence-electron chi connectivity index (χ4n) is 5.79. The highest BCUT2D eigenvalue weighted by Crippen LogP contribution is 2.51. The molecule has 3 saturated carbocycles. The van der Waals surface area contributed by atoms with Crippen LogP contribution in [0.1, 0.15) is 49.0 Å². The van der Waals surface area contributed by atoms with Gasteiger partial charge in [0.05, 0.1) is 0 Å². The van der Waals surface area contributed by atoms with E-state index in [1.54, 1.807) is 18.3 Å². The van der Waals surface area contributed by atoms with E-state index in [9.17, 15) is 28.8 Å². The lowest BCUT2D eigenvalue weighted by molar-refractivity contribution is -0.137. The number of anilines is 1. The van der Waals surface area contributed by atoms with Crippen LogP contribution in [0.15, 0.2) is 53.8 Å². The summed E-state index contributed by atoms with van der Waals surface area (Å²) in [6.45, 7) is -0.211. The Bertz CT molecular complexity index is 1620. The maximum atomic E-state index is 13.4. The quantitative estimate of drug-likeness (QED) is 0.242. The minimum atomic E-state index is -1.30. The van der Waals surface area contributed by atoms with Crippen LogP contribution in [-0.2, 0) is 25.7 Å². The Morgan fingerprint density at radius 2 is 1.93 bits per heavy atom. The van der Waals surface area contributed by atoms with Gasteiger partial charge in [0.1, 0.15) is 24.0 Å². The van der Waals surface area contributed by atoms with Crippen LogP contribution in [0.25, 0.3) is 10.8 Å². The smallest absolute Gasteiger partial charge is 0.287 e. The van der Waals surface area contributed by atoms with Crippen molar-refractivity contribution in [3.63, 3.8) is 0 Å². The number of nitrogens with one attached hydrogen (secondary N) is 4. The van der Waals surface area contributed by atoms with Gasteiger partial charge < -0.3 is 25.8 Å². The van der Waals surface area contributed by atoms with Gasteiger partial charge in [0.2, 0.25) is 17.6 Å². The number of ketones is 1. The van der Waals surface area contributed by atoms with Gasteiger partial charge in [-0.2, -0.15) is 0 Å². The summed E-state index contributed by atoms with van der Waals surface area (Å²) in [4.78, 5) is 84.5. The molecule has 0 radical (unpaired) electrons. The number of carbonyl (C=O) groups is 5. The molecule has 2 bridgehead atoms. The molecule has 1 atom stereocenters. The fourth-order valence-corrected chi connectivity index (χ4v) is 5.79. The van der Waals surface area contributed by atoms with Crippen LogP contribution in [-0.4, -0.2) is 62.6 Å². The predicted molar refractivity (Wildman–Crippen MR) is 151 cm³/mol. The van der Waals surface area contributed by atoms with E-state index in [4.69, 9.17) is 0 Å². The second kappa shape index (κ2) is 11.9. The molecular formula is C29H31N7O6. The van der Waals surface area contributed by atoms with E-state index >= 15 is 0 Å². The number of carbonyl (C=O) groups excluding carboxylic acids is 5. The Kier molecular flexibility index (Phi) is 8.09.